The van der Waals surface area contributed by atoms with Crippen molar-refractivity contribution in [3.63, 3.8) is 0 Å². The van der Waals surface area contributed by atoms with Crippen molar-refractivity contribution in [2.24, 2.45) is 0 Å². The Labute approximate surface area is 106 Å². The monoisotopic (exact) mass is 247 g/mol. The van der Waals surface area contributed by atoms with E-state index in [4.69, 9.17) is 9.47 Å². The highest BCUT2D eigenvalue weighted by atomic mass is 16.5. The quantitative estimate of drug-likeness (QED) is 0.816. The van der Waals surface area contributed by atoms with Crippen molar-refractivity contribution in [3.05, 3.63) is 42.0 Å². The van der Waals surface area contributed by atoms with Gasteiger partial charge < -0.3 is 19.8 Å². The van der Waals surface area contributed by atoms with E-state index in [0.717, 1.165) is 29.3 Å². The van der Waals surface area contributed by atoms with Gasteiger partial charge in [-0.3, -0.25) is 0 Å². The first kappa shape index (κ1) is 12.4. The average Bonchev–Trinajstić information content (AvgIpc) is 2.92. The van der Waals surface area contributed by atoms with Gasteiger partial charge in [0.2, 0.25) is 0 Å². The predicted octanol–water partition coefficient (Wildman–Crippen LogP) is 1.72. The molecule has 0 radical (unpaired) electrons. The summed E-state index contributed by atoms with van der Waals surface area (Å²) >= 11 is 0. The van der Waals surface area contributed by atoms with Crippen LogP contribution in [0.25, 0.3) is 0 Å². The number of ether oxygens (including phenoxy) is 2. The molecule has 0 unspecified atom stereocenters. The summed E-state index contributed by atoms with van der Waals surface area (Å²) in [7, 11) is 3.32. The Morgan fingerprint density at radius 1 is 1.22 bits per heavy atom. The van der Waals surface area contributed by atoms with Gasteiger partial charge in [-0.1, -0.05) is 0 Å². The molecule has 0 amide bonds. The van der Waals surface area contributed by atoms with Gasteiger partial charge in [-0.15, -0.1) is 0 Å². The molecule has 1 heterocycles. The Bertz CT molecular complexity index is 483. The van der Waals surface area contributed by atoms with E-state index in [2.05, 4.69) is 15.3 Å². The first-order valence-electron chi connectivity index (χ1n) is 5.72. The van der Waals surface area contributed by atoms with Crippen molar-refractivity contribution in [2.45, 2.75) is 13.1 Å². The van der Waals surface area contributed by atoms with E-state index in [1.807, 2.05) is 18.2 Å². The highest BCUT2D eigenvalue weighted by Crippen LogP contribution is 2.23. The summed E-state index contributed by atoms with van der Waals surface area (Å²) in [5.74, 6) is 1.68. The van der Waals surface area contributed by atoms with Gasteiger partial charge in [0.15, 0.2) is 0 Å². The Balaban J connectivity index is 1.98. The number of nitrogens with zero attached hydrogens (tertiary/aromatic N) is 1. The third kappa shape index (κ3) is 3.01. The lowest BCUT2D eigenvalue weighted by Crippen LogP contribution is -2.13. The molecule has 5 heteroatoms. The van der Waals surface area contributed by atoms with Crippen LogP contribution in [0, 0.1) is 0 Å². The molecule has 0 aliphatic heterocycles. The smallest absolute Gasteiger partial charge is 0.123 e. The van der Waals surface area contributed by atoms with Crippen LogP contribution in [-0.4, -0.2) is 24.2 Å². The zero-order valence-electron chi connectivity index (χ0n) is 10.6. The molecule has 2 rings (SSSR count). The zero-order valence-corrected chi connectivity index (χ0v) is 10.6. The number of rotatable bonds is 6. The van der Waals surface area contributed by atoms with Crippen LogP contribution in [0.4, 0.5) is 0 Å². The minimum Gasteiger partial charge on any atom is -0.497 e. The SMILES string of the molecule is COc1ccc(OC)c(CNCc2cnc[nH]2)c1. The maximum atomic E-state index is 5.32. The zero-order chi connectivity index (χ0) is 12.8. The largest absolute Gasteiger partial charge is 0.497 e. The first-order valence-corrected chi connectivity index (χ1v) is 5.72. The van der Waals surface area contributed by atoms with Crippen molar-refractivity contribution in [3.8, 4) is 11.5 Å². The lowest BCUT2D eigenvalue weighted by molar-refractivity contribution is 0.397. The molecule has 0 spiro atoms. The normalized spacial score (nSPS) is 10.3. The van der Waals surface area contributed by atoms with Crippen LogP contribution in [-0.2, 0) is 13.1 Å². The molecular weight excluding hydrogens is 230 g/mol. The third-order valence-electron chi connectivity index (χ3n) is 2.67. The highest BCUT2D eigenvalue weighted by molar-refractivity contribution is 5.40. The lowest BCUT2D eigenvalue weighted by atomic mass is 10.2. The number of hydrogen-bond donors (Lipinski definition) is 2. The Morgan fingerprint density at radius 2 is 2.11 bits per heavy atom. The standard InChI is InChI=1S/C13H17N3O2/c1-17-12-3-4-13(18-2)10(5-12)6-14-7-11-8-15-9-16-11/h3-5,8-9,14H,6-7H2,1-2H3,(H,15,16). The van der Waals surface area contributed by atoms with Gasteiger partial charge >= 0.3 is 0 Å². The number of aromatic nitrogens is 2. The van der Waals surface area contributed by atoms with Crippen LogP contribution in [0.2, 0.25) is 0 Å². The van der Waals surface area contributed by atoms with E-state index in [-0.39, 0.29) is 0 Å². The minimum absolute atomic E-state index is 0.708. The topological polar surface area (TPSA) is 59.2 Å². The fourth-order valence-electron chi connectivity index (χ4n) is 1.73. The van der Waals surface area contributed by atoms with Gasteiger partial charge in [0.25, 0.3) is 0 Å². The summed E-state index contributed by atoms with van der Waals surface area (Å²) < 4.78 is 10.5. The van der Waals surface area contributed by atoms with E-state index < -0.39 is 0 Å². The second-order valence-electron chi connectivity index (χ2n) is 3.86. The molecule has 5 nitrogen and oxygen atoms in total. The molecule has 1 aromatic carbocycles. The van der Waals surface area contributed by atoms with Crippen molar-refractivity contribution in [2.75, 3.05) is 14.2 Å². The number of imidazole rings is 1. The van der Waals surface area contributed by atoms with Crippen LogP contribution < -0.4 is 14.8 Å². The molecule has 96 valence electrons. The van der Waals surface area contributed by atoms with Crippen LogP contribution >= 0.6 is 0 Å². The summed E-state index contributed by atoms with van der Waals surface area (Å²) in [5, 5.41) is 3.32. The number of nitrogens with one attached hydrogen (secondary N) is 2. The summed E-state index contributed by atoms with van der Waals surface area (Å²) in [4.78, 5) is 7.01. The van der Waals surface area contributed by atoms with Gasteiger partial charge in [-0.2, -0.15) is 0 Å². The molecule has 1 aromatic heterocycles. The fourth-order valence-corrected chi connectivity index (χ4v) is 1.73. The Kier molecular flexibility index (Phi) is 4.20. The lowest BCUT2D eigenvalue weighted by Gasteiger charge is -2.11. The van der Waals surface area contributed by atoms with Gasteiger partial charge in [0.05, 0.1) is 20.5 Å². The second-order valence-corrected chi connectivity index (χ2v) is 3.86. The maximum absolute atomic E-state index is 5.32. The van der Waals surface area contributed by atoms with Crippen LogP contribution in [0.3, 0.4) is 0 Å². The van der Waals surface area contributed by atoms with Crippen molar-refractivity contribution in [1.82, 2.24) is 15.3 Å². The summed E-state index contributed by atoms with van der Waals surface area (Å²) in [6.07, 6.45) is 3.47. The maximum Gasteiger partial charge on any atom is 0.123 e. The van der Waals surface area contributed by atoms with Gasteiger partial charge in [-0.05, 0) is 18.2 Å². The number of H-pyrrole nitrogens is 1. The molecule has 0 saturated heterocycles. The van der Waals surface area contributed by atoms with E-state index in [1.54, 1.807) is 26.7 Å². The van der Waals surface area contributed by atoms with E-state index >= 15 is 0 Å². The third-order valence-corrected chi connectivity index (χ3v) is 2.67. The molecule has 2 aromatic rings. The molecule has 0 aliphatic carbocycles. The number of methoxy groups -OCH3 is 2. The Hall–Kier alpha value is -2.01. The molecule has 0 saturated carbocycles. The van der Waals surface area contributed by atoms with E-state index in [0.29, 0.717) is 6.54 Å². The summed E-state index contributed by atoms with van der Waals surface area (Å²) in [6, 6.07) is 5.77. The average molecular weight is 247 g/mol. The van der Waals surface area contributed by atoms with Gasteiger partial charge in [0.1, 0.15) is 11.5 Å². The molecule has 2 N–H and O–H groups in total. The summed E-state index contributed by atoms with van der Waals surface area (Å²) in [5.41, 5.74) is 2.12. The predicted molar refractivity (Wildman–Crippen MR) is 68.7 cm³/mol. The number of benzene rings is 1. The van der Waals surface area contributed by atoms with E-state index in [1.165, 1.54) is 0 Å². The van der Waals surface area contributed by atoms with Crippen LogP contribution in [0.15, 0.2) is 30.7 Å². The van der Waals surface area contributed by atoms with Crippen LogP contribution in [0.1, 0.15) is 11.3 Å². The number of hydrogen-bond acceptors (Lipinski definition) is 4. The second kappa shape index (κ2) is 6.07. The first-order chi connectivity index (χ1) is 8.83. The van der Waals surface area contributed by atoms with Gasteiger partial charge in [-0.25, -0.2) is 4.98 Å². The summed E-state index contributed by atoms with van der Waals surface area (Å²) in [6.45, 7) is 1.44. The fraction of sp³-hybridized carbons (Fsp3) is 0.308. The van der Waals surface area contributed by atoms with E-state index in [9.17, 15) is 0 Å². The van der Waals surface area contributed by atoms with Crippen molar-refractivity contribution >= 4 is 0 Å². The molecule has 0 bridgehead atoms. The minimum atomic E-state index is 0.708. The van der Waals surface area contributed by atoms with Gasteiger partial charge in [0, 0.05) is 30.5 Å². The van der Waals surface area contributed by atoms with Crippen LogP contribution in [0.5, 0.6) is 11.5 Å². The highest BCUT2D eigenvalue weighted by Gasteiger charge is 2.04. The van der Waals surface area contributed by atoms with Crippen molar-refractivity contribution in [1.29, 1.82) is 0 Å². The molecule has 18 heavy (non-hydrogen) atoms. The Morgan fingerprint density at radius 3 is 2.78 bits per heavy atom. The van der Waals surface area contributed by atoms with Crippen molar-refractivity contribution < 1.29 is 9.47 Å². The number of aromatic amines is 1. The molecule has 0 atom stereocenters. The molecule has 0 fully saturated rings. The molecule has 0 aliphatic rings. The molecular formula is C13H17N3O2.